The van der Waals surface area contributed by atoms with E-state index in [1.54, 1.807) is 28.5 Å². The number of Topliss-reactive ketones (excluding diaryl/α,β-unsaturated/α-hetero) is 3. The van der Waals surface area contributed by atoms with E-state index in [0.717, 1.165) is 49.9 Å². The fraction of sp³-hybridized carbons (Fsp3) is 0.718. The van der Waals surface area contributed by atoms with E-state index in [4.69, 9.17) is 0 Å². The maximum Gasteiger partial charge on any atom is 0.315 e. The third kappa shape index (κ3) is 9.99. The molecule has 2 N–H and O–H groups in total. The molecule has 1 aliphatic heterocycles. The average molecular weight is 761 g/mol. The fourth-order valence-electron chi connectivity index (χ4n) is 7.91. The molecule has 1 saturated heterocycles. The van der Waals surface area contributed by atoms with E-state index >= 15 is 0 Å². The van der Waals surface area contributed by atoms with Crippen LogP contribution in [0.4, 0.5) is 4.79 Å². The predicted octanol–water partition coefficient (Wildman–Crippen LogP) is 5.99. The van der Waals surface area contributed by atoms with Crippen LogP contribution in [0.15, 0.2) is 34.4 Å². The summed E-state index contributed by atoms with van der Waals surface area (Å²) in [5, 5.41) is 7.56. The zero-order valence-corrected chi connectivity index (χ0v) is 33.7. The summed E-state index contributed by atoms with van der Waals surface area (Å²) in [6.07, 6.45) is 8.21. The number of nitrogens with zero attached hydrogens (tertiary/aromatic N) is 2. The van der Waals surface area contributed by atoms with Gasteiger partial charge in [-0.05, 0) is 65.7 Å². The van der Waals surface area contributed by atoms with Crippen LogP contribution in [0.5, 0.6) is 0 Å². The summed E-state index contributed by atoms with van der Waals surface area (Å²) in [5.74, 6) is -1.78. The van der Waals surface area contributed by atoms with Gasteiger partial charge < -0.3 is 15.5 Å². The van der Waals surface area contributed by atoms with Gasteiger partial charge in [-0.15, -0.1) is 17.9 Å². The maximum absolute atomic E-state index is 14.6. The summed E-state index contributed by atoms with van der Waals surface area (Å²) in [6, 6.07) is 0.275. The number of hydrogen-bond donors (Lipinski definition) is 2. The summed E-state index contributed by atoms with van der Waals surface area (Å²) in [7, 11) is -2.28. The van der Waals surface area contributed by atoms with Gasteiger partial charge in [0.1, 0.15) is 10.3 Å². The lowest BCUT2D eigenvalue weighted by Crippen LogP contribution is -2.61. The largest absolute Gasteiger partial charge is 0.334 e. The van der Waals surface area contributed by atoms with Crippen molar-refractivity contribution in [1.29, 1.82) is 0 Å². The predicted molar refractivity (Wildman–Crippen MR) is 203 cm³/mol. The van der Waals surface area contributed by atoms with Crippen molar-refractivity contribution in [3.8, 4) is 0 Å². The molecule has 52 heavy (non-hydrogen) atoms. The summed E-state index contributed by atoms with van der Waals surface area (Å²) in [4.78, 5) is 70.6. The number of nitrogens with one attached hydrogen (secondary N) is 2. The lowest BCUT2D eigenvalue weighted by atomic mass is 9.75. The number of rotatable bonds is 17. The molecule has 11 nitrogen and oxygen atoms in total. The molecule has 6 atom stereocenters. The Morgan fingerprint density at radius 3 is 2.25 bits per heavy atom. The Balaban J connectivity index is 1.53. The van der Waals surface area contributed by atoms with Crippen LogP contribution in [0, 0.1) is 34.5 Å². The van der Waals surface area contributed by atoms with E-state index in [2.05, 4.69) is 17.2 Å². The maximum atomic E-state index is 14.6. The first kappa shape index (κ1) is 41.9. The Bertz CT molecular complexity index is 1570. The van der Waals surface area contributed by atoms with Gasteiger partial charge in [-0.25, -0.2) is 13.2 Å². The van der Waals surface area contributed by atoms with Crippen molar-refractivity contribution in [1.82, 2.24) is 19.8 Å². The quantitative estimate of drug-likeness (QED) is 0.146. The number of allylic oxidation sites excluding steroid dienone is 1. The standard InChI is InChI=1S/C39H60N4O7S2/c1-9-10-18-29(44)34(46)27(21-25-14-11-15-25)22-30(45)33-28-17-12-16-26(28)23-43(33)36(47)35(39(5,6)7)41-37(48)40-31(38(2,3)4)24-42(8)52(49,50)32-19-13-20-51-32/h9,13,19-20,25-28,31,33,35H,1,10-12,14-18,21-24H2,2-8H3,(H2,40,41,48)/t26-,27?,28-,31+,33-,35+/m0/s1. The summed E-state index contributed by atoms with van der Waals surface area (Å²) >= 11 is 1.13. The highest BCUT2D eigenvalue weighted by molar-refractivity contribution is 7.91. The molecule has 0 radical (unpaired) electrons. The number of likely N-dealkylation sites (tertiary alicyclic amines) is 1. The number of urea groups is 1. The van der Waals surface area contributed by atoms with Gasteiger partial charge in [0.2, 0.25) is 11.7 Å². The fourth-order valence-corrected chi connectivity index (χ4v) is 10.3. The van der Waals surface area contributed by atoms with Crippen molar-refractivity contribution in [3.05, 3.63) is 30.2 Å². The molecule has 2 aliphatic carbocycles. The van der Waals surface area contributed by atoms with Crippen LogP contribution in [-0.4, -0.2) is 85.2 Å². The Morgan fingerprint density at radius 1 is 1.02 bits per heavy atom. The Hall–Kier alpha value is -2.90. The van der Waals surface area contributed by atoms with E-state index in [-0.39, 0.29) is 47.1 Å². The third-order valence-corrected chi connectivity index (χ3v) is 14.5. The van der Waals surface area contributed by atoms with Crippen molar-refractivity contribution in [2.75, 3.05) is 20.1 Å². The first-order valence-corrected chi connectivity index (χ1v) is 21.2. The molecule has 1 unspecified atom stereocenters. The summed E-state index contributed by atoms with van der Waals surface area (Å²) < 4.78 is 27.8. The van der Waals surface area contributed by atoms with Gasteiger partial charge in [-0.1, -0.05) is 79.4 Å². The minimum atomic E-state index is -3.76. The molecule has 3 amide bonds. The lowest BCUT2D eigenvalue weighted by molar-refractivity contribution is -0.144. The highest BCUT2D eigenvalue weighted by Gasteiger charge is 2.52. The van der Waals surface area contributed by atoms with E-state index in [1.165, 1.54) is 11.4 Å². The zero-order valence-electron chi connectivity index (χ0n) is 32.1. The van der Waals surface area contributed by atoms with Crippen molar-refractivity contribution in [2.24, 2.45) is 34.5 Å². The van der Waals surface area contributed by atoms with Gasteiger partial charge in [0.25, 0.3) is 10.0 Å². The minimum Gasteiger partial charge on any atom is -0.334 e. The number of fused-ring (bicyclic) bond motifs is 1. The Kier molecular flexibility index (Phi) is 13.7. The molecule has 0 spiro atoms. The second-order valence-corrected chi connectivity index (χ2v) is 20.6. The van der Waals surface area contributed by atoms with E-state index in [0.29, 0.717) is 25.3 Å². The van der Waals surface area contributed by atoms with Gasteiger partial charge in [0.05, 0.1) is 6.04 Å². The second-order valence-electron chi connectivity index (χ2n) is 17.4. The molecule has 1 aromatic rings. The highest BCUT2D eigenvalue weighted by Crippen LogP contribution is 2.44. The van der Waals surface area contributed by atoms with Gasteiger partial charge in [0.15, 0.2) is 11.6 Å². The van der Waals surface area contributed by atoms with Crippen molar-refractivity contribution < 1.29 is 32.4 Å². The van der Waals surface area contributed by atoms with E-state index < -0.39 is 62.5 Å². The van der Waals surface area contributed by atoms with Gasteiger partial charge in [-0.3, -0.25) is 19.2 Å². The molecule has 2 heterocycles. The molecular weight excluding hydrogens is 701 g/mol. The molecule has 2 saturated carbocycles. The van der Waals surface area contributed by atoms with Crippen LogP contribution in [0.2, 0.25) is 0 Å². The first-order chi connectivity index (χ1) is 24.2. The van der Waals surface area contributed by atoms with Crippen molar-refractivity contribution >= 4 is 50.6 Å². The molecular formula is C39H60N4O7S2. The van der Waals surface area contributed by atoms with Gasteiger partial charge in [-0.2, -0.15) is 4.31 Å². The number of thiophene rings is 1. The van der Waals surface area contributed by atoms with Crippen LogP contribution in [-0.2, 0) is 29.2 Å². The minimum absolute atomic E-state index is 0.00812. The molecule has 3 fully saturated rings. The summed E-state index contributed by atoms with van der Waals surface area (Å²) in [6.45, 7) is 15.3. The smallest absolute Gasteiger partial charge is 0.315 e. The number of carbonyl (C=O) groups is 5. The zero-order chi connectivity index (χ0) is 38.6. The van der Waals surface area contributed by atoms with E-state index in [1.807, 2.05) is 41.5 Å². The number of carbonyl (C=O) groups excluding carboxylic acids is 5. The first-order valence-electron chi connectivity index (χ1n) is 18.8. The number of sulfonamides is 1. The van der Waals surface area contributed by atoms with Crippen LogP contribution in [0.3, 0.4) is 0 Å². The molecule has 4 rings (SSSR count). The van der Waals surface area contributed by atoms with Crippen LogP contribution in [0.1, 0.15) is 106 Å². The number of hydrogen-bond acceptors (Lipinski definition) is 8. The lowest BCUT2D eigenvalue weighted by Gasteiger charge is -2.38. The van der Waals surface area contributed by atoms with Crippen molar-refractivity contribution in [3.63, 3.8) is 0 Å². The van der Waals surface area contributed by atoms with Gasteiger partial charge >= 0.3 is 6.03 Å². The second kappa shape index (κ2) is 17.1. The number of ketones is 3. The summed E-state index contributed by atoms with van der Waals surface area (Å²) in [5.41, 5.74) is -1.28. The van der Waals surface area contributed by atoms with Crippen molar-refractivity contribution in [2.45, 2.75) is 128 Å². The molecule has 13 heteroatoms. The Morgan fingerprint density at radius 2 is 1.69 bits per heavy atom. The monoisotopic (exact) mass is 760 g/mol. The third-order valence-electron chi connectivity index (χ3n) is 11.4. The van der Waals surface area contributed by atoms with Gasteiger partial charge in [0, 0.05) is 44.9 Å². The normalized spacial score (nSPS) is 22.6. The molecule has 290 valence electrons. The van der Waals surface area contributed by atoms with Crippen LogP contribution in [0.25, 0.3) is 0 Å². The highest BCUT2D eigenvalue weighted by atomic mass is 32.2. The van der Waals surface area contributed by atoms with Crippen LogP contribution < -0.4 is 10.6 Å². The van der Waals surface area contributed by atoms with Crippen LogP contribution >= 0.6 is 11.3 Å². The van der Waals surface area contributed by atoms with E-state index in [9.17, 15) is 32.4 Å². The molecule has 0 bridgehead atoms. The number of likely N-dealkylation sites (N-methyl/N-ethyl adjacent to an activating group) is 1. The number of amides is 3. The SMILES string of the molecule is C=CCCC(=O)C(=O)C(CC(=O)[C@@H]1[C@H]2CCC[C@H]2CN1C(=O)[C@@H](NC(=O)N[C@H](CN(C)S(=O)(=O)c1cccs1)C(C)(C)C)C(C)(C)C)CC1CCC1. The molecule has 0 aromatic carbocycles. The molecule has 1 aromatic heterocycles. The Labute approximate surface area is 314 Å². The molecule has 3 aliphatic rings. The average Bonchev–Trinajstić information content (AvgIpc) is 3.80. The topological polar surface area (TPSA) is 150 Å².